The number of rotatable bonds is 7. The normalized spacial score (nSPS) is 12.6. The summed E-state index contributed by atoms with van der Waals surface area (Å²) >= 11 is 0. The predicted molar refractivity (Wildman–Crippen MR) is 118 cm³/mol. The second-order valence-corrected chi connectivity index (χ2v) is 7.38. The second-order valence-electron chi connectivity index (χ2n) is 7.38. The van der Waals surface area contributed by atoms with Gasteiger partial charge in [0.05, 0.1) is 12.2 Å². The Bertz CT molecular complexity index is 1090. The van der Waals surface area contributed by atoms with Crippen LogP contribution < -0.4 is 16.0 Å². The van der Waals surface area contributed by atoms with Crippen LogP contribution >= 0.6 is 0 Å². The molecule has 0 unspecified atom stereocenters. The fourth-order valence-electron chi connectivity index (χ4n) is 3.01. The van der Waals surface area contributed by atoms with E-state index in [1.54, 1.807) is 54.7 Å². The van der Waals surface area contributed by atoms with Gasteiger partial charge >= 0.3 is 0 Å². The lowest BCUT2D eigenvalue weighted by Gasteiger charge is -2.09. The van der Waals surface area contributed by atoms with Gasteiger partial charge in [0.15, 0.2) is 0 Å². The third kappa shape index (κ3) is 5.54. The number of nitrogens with one attached hydrogen (secondary N) is 3. The summed E-state index contributed by atoms with van der Waals surface area (Å²) < 4.78 is 0. The third-order valence-electron chi connectivity index (χ3n) is 4.90. The van der Waals surface area contributed by atoms with Crippen LogP contribution in [0.25, 0.3) is 0 Å². The number of hydrogen-bond acceptors (Lipinski definition) is 4. The van der Waals surface area contributed by atoms with Gasteiger partial charge in [0, 0.05) is 34.6 Å². The molecule has 7 nitrogen and oxygen atoms in total. The quantitative estimate of drug-likeness (QED) is 0.550. The number of aromatic nitrogens is 1. The van der Waals surface area contributed by atoms with Crippen molar-refractivity contribution in [3.8, 4) is 0 Å². The van der Waals surface area contributed by atoms with E-state index in [4.69, 9.17) is 0 Å². The van der Waals surface area contributed by atoms with Gasteiger partial charge < -0.3 is 16.0 Å². The Kier molecular flexibility index (Phi) is 6.03. The fourth-order valence-corrected chi connectivity index (χ4v) is 3.01. The maximum atomic E-state index is 12.6. The van der Waals surface area contributed by atoms with E-state index in [1.165, 1.54) is 0 Å². The molecule has 1 aliphatic carbocycles. The van der Waals surface area contributed by atoms with Crippen LogP contribution in [0, 0.1) is 5.92 Å². The highest BCUT2D eigenvalue weighted by Gasteiger charge is 2.29. The zero-order valence-corrected chi connectivity index (χ0v) is 16.8. The molecule has 4 rings (SSSR count). The minimum atomic E-state index is -0.300. The minimum Gasteiger partial charge on any atom is -0.346 e. The number of anilines is 2. The summed E-state index contributed by atoms with van der Waals surface area (Å²) in [4.78, 5) is 41.0. The Balaban J connectivity index is 1.34. The van der Waals surface area contributed by atoms with Crippen LogP contribution in [0.15, 0.2) is 72.9 Å². The molecule has 0 spiro atoms. The zero-order chi connectivity index (χ0) is 21.6. The van der Waals surface area contributed by atoms with Crippen molar-refractivity contribution >= 4 is 29.1 Å². The molecule has 0 atom stereocenters. The molecule has 1 saturated carbocycles. The second kappa shape index (κ2) is 9.21. The maximum Gasteiger partial charge on any atom is 0.255 e. The summed E-state index contributed by atoms with van der Waals surface area (Å²) in [5.74, 6) is -0.407. The Morgan fingerprint density at radius 3 is 2.32 bits per heavy atom. The first-order chi connectivity index (χ1) is 15.1. The number of hydrogen-bond donors (Lipinski definition) is 3. The average Bonchev–Trinajstić information content (AvgIpc) is 3.64. The van der Waals surface area contributed by atoms with Crippen molar-refractivity contribution in [2.45, 2.75) is 19.4 Å². The monoisotopic (exact) mass is 414 g/mol. The Hall–Kier alpha value is -4.00. The molecule has 0 radical (unpaired) electrons. The fraction of sp³-hybridized carbons (Fsp3) is 0.167. The van der Waals surface area contributed by atoms with Gasteiger partial charge in [-0.2, -0.15) is 0 Å². The van der Waals surface area contributed by atoms with E-state index in [9.17, 15) is 14.4 Å². The SMILES string of the molecule is O=C(NCc1ccccn1)c1cccc(NC(=O)c2ccc(NC(=O)C3CC3)cc2)c1. The molecule has 31 heavy (non-hydrogen) atoms. The van der Waals surface area contributed by atoms with Crippen LogP contribution in [0.5, 0.6) is 0 Å². The van der Waals surface area contributed by atoms with E-state index in [-0.39, 0.29) is 23.6 Å². The predicted octanol–water partition coefficient (Wildman–Crippen LogP) is 3.61. The number of nitrogens with zero attached hydrogens (tertiary/aromatic N) is 1. The van der Waals surface area contributed by atoms with Crippen molar-refractivity contribution in [3.05, 3.63) is 89.7 Å². The van der Waals surface area contributed by atoms with Crippen LogP contribution in [0.3, 0.4) is 0 Å². The minimum absolute atomic E-state index is 0.0235. The first kappa shape index (κ1) is 20.3. The summed E-state index contributed by atoms with van der Waals surface area (Å²) in [5, 5.41) is 8.45. The summed E-state index contributed by atoms with van der Waals surface area (Å²) in [7, 11) is 0. The van der Waals surface area contributed by atoms with E-state index >= 15 is 0 Å². The molecule has 0 saturated heterocycles. The average molecular weight is 414 g/mol. The molecule has 3 N–H and O–H groups in total. The van der Waals surface area contributed by atoms with Gasteiger partial charge in [-0.15, -0.1) is 0 Å². The third-order valence-corrected chi connectivity index (χ3v) is 4.90. The van der Waals surface area contributed by atoms with Gasteiger partial charge in [0.25, 0.3) is 11.8 Å². The Morgan fingerprint density at radius 2 is 1.61 bits per heavy atom. The Morgan fingerprint density at radius 1 is 0.806 bits per heavy atom. The van der Waals surface area contributed by atoms with Gasteiger partial charge in [0.1, 0.15) is 0 Å². The summed E-state index contributed by atoms with van der Waals surface area (Å²) in [6.07, 6.45) is 3.55. The van der Waals surface area contributed by atoms with Crippen LogP contribution in [0.4, 0.5) is 11.4 Å². The highest BCUT2D eigenvalue weighted by molar-refractivity contribution is 6.05. The van der Waals surface area contributed by atoms with Crippen molar-refractivity contribution < 1.29 is 14.4 Å². The largest absolute Gasteiger partial charge is 0.346 e. The molecule has 1 aromatic heterocycles. The molecule has 1 heterocycles. The van der Waals surface area contributed by atoms with Gasteiger partial charge in [0.2, 0.25) is 5.91 Å². The molecule has 3 aromatic rings. The van der Waals surface area contributed by atoms with Crippen molar-refractivity contribution in [1.29, 1.82) is 0 Å². The van der Waals surface area contributed by atoms with Gasteiger partial charge in [-0.3, -0.25) is 19.4 Å². The van der Waals surface area contributed by atoms with E-state index in [1.807, 2.05) is 18.2 Å². The summed E-state index contributed by atoms with van der Waals surface area (Å²) in [5.41, 5.74) is 2.83. The number of amides is 3. The number of carbonyl (C=O) groups excluding carboxylic acids is 3. The van der Waals surface area contributed by atoms with Gasteiger partial charge in [-0.25, -0.2) is 0 Å². The standard InChI is InChI=1S/C24H22N4O3/c29-22(26-15-21-5-1-2-13-25-21)18-4-3-6-20(14-18)28-24(31)17-9-11-19(12-10-17)27-23(30)16-7-8-16/h1-6,9-14,16H,7-8,15H2,(H,26,29)(H,27,30)(H,28,31). The Labute approximate surface area is 179 Å². The van der Waals surface area contributed by atoms with Crippen molar-refractivity contribution in [2.24, 2.45) is 5.92 Å². The number of benzene rings is 2. The number of carbonyl (C=O) groups is 3. The van der Waals surface area contributed by atoms with Crippen LogP contribution in [-0.2, 0) is 11.3 Å². The van der Waals surface area contributed by atoms with E-state index in [0.29, 0.717) is 29.0 Å². The van der Waals surface area contributed by atoms with E-state index in [2.05, 4.69) is 20.9 Å². The molecule has 0 aliphatic heterocycles. The molecule has 1 fully saturated rings. The molecule has 1 aliphatic rings. The lowest BCUT2D eigenvalue weighted by atomic mass is 10.1. The number of pyridine rings is 1. The molecule has 2 aromatic carbocycles. The molecular formula is C24H22N4O3. The lowest BCUT2D eigenvalue weighted by molar-refractivity contribution is -0.117. The molecule has 3 amide bonds. The van der Waals surface area contributed by atoms with Crippen LogP contribution in [-0.4, -0.2) is 22.7 Å². The zero-order valence-electron chi connectivity index (χ0n) is 16.8. The van der Waals surface area contributed by atoms with E-state index < -0.39 is 0 Å². The van der Waals surface area contributed by atoms with Crippen LogP contribution in [0.2, 0.25) is 0 Å². The molecule has 156 valence electrons. The first-order valence-corrected chi connectivity index (χ1v) is 10.1. The topological polar surface area (TPSA) is 100 Å². The lowest BCUT2D eigenvalue weighted by Crippen LogP contribution is -2.23. The smallest absolute Gasteiger partial charge is 0.255 e. The molecule has 0 bridgehead atoms. The maximum absolute atomic E-state index is 12.6. The summed E-state index contributed by atoms with van der Waals surface area (Å²) in [6.45, 7) is 0.319. The first-order valence-electron chi connectivity index (χ1n) is 10.1. The van der Waals surface area contributed by atoms with Crippen molar-refractivity contribution in [1.82, 2.24) is 10.3 Å². The summed E-state index contributed by atoms with van der Waals surface area (Å²) in [6, 6.07) is 19.0. The highest BCUT2D eigenvalue weighted by Crippen LogP contribution is 2.30. The van der Waals surface area contributed by atoms with Crippen LogP contribution in [0.1, 0.15) is 39.3 Å². The molecule has 7 heteroatoms. The molecular weight excluding hydrogens is 392 g/mol. The van der Waals surface area contributed by atoms with Gasteiger partial charge in [-0.1, -0.05) is 12.1 Å². The van der Waals surface area contributed by atoms with Crippen molar-refractivity contribution in [3.63, 3.8) is 0 Å². The highest BCUT2D eigenvalue weighted by atomic mass is 16.2. The van der Waals surface area contributed by atoms with Gasteiger partial charge in [-0.05, 0) is 67.4 Å². The van der Waals surface area contributed by atoms with E-state index in [0.717, 1.165) is 18.5 Å². The van der Waals surface area contributed by atoms with Crippen molar-refractivity contribution in [2.75, 3.05) is 10.6 Å².